The minimum Gasteiger partial charge on any atom is -0.381 e. The molecule has 0 aliphatic heterocycles. The molecule has 1 unspecified atom stereocenters. The first-order valence-electron chi connectivity index (χ1n) is 7.28. The van der Waals surface area contributed by atoms with E-state index in [0.717, 1.165) is 6.42 Å². The van der Waals surface area contributed by atoms with Crippen molar-refractivity contribution >= 4 is 0 Å². The largest absolute Gasteiger partial charge is 0.381 e. The third-order valence-corrected chi connectivity index (χ3v) is 3.27. The lowest BCUT2D eigenvalue weighted by Crippen LogP contribution is -2.04. The predicted molar refractivity (Wildman–Crippen MR) is 77.1 cm³/mol. The van der Waals surface area contributed by atoms with E-state index in [1.807, 2.05) is 6.08 Å². The second-order valence-corrected chi connectivity index (χ2v) is 4.91. The topological polar surface area (TPSA) is 9.23 Å². The van der Waals surface area contributed by atoms with Gasteiger partial charge in [0.25, 0.3) is 0 Å². The van der Waals surface area contributed by atoms with Crippen LogP contribution in [0.15, 0.2) is 12.7 Å². The van der Waals surface area contributed by atoms with E-state index in [9.17, 15) is 0 Å². The SMILES string of the molecule is [CH2]C(CCCCCCCCCCCC=C)OC. The highest BCUT2D eigenvalue weighted by molar-refractivity contribution is 4.65. The van der Waals surface area contributed by atoms with Crippen LogP contribution in [0.2, 0.25) is 0 Å². The third kappa shape index (κ3) is 13.6. The Labute approximate surface area is 109 Å². The van der Waals surface area contributed by atoms with Crippen LogP contribution in [0.1, 0.15) is 70.6 Å². The monoisotopic (exact) mass is 239 g/mol. The molecule has 0 aliphatic rings. The van der Waals surface area contributed by atoms with Crippen LogP contribution in [0.5, 0.6) is 0 Å². The van der Waals surface area contributed by atoms with Gasteiger partial charge in [0.2, 0.25) is 0 Å². The maximum absolute atomic E-state index is 5.12. The van der Waals surface area contributed by atoms with E-state index in [4.69, 9.17) is 4.74 Å². The molecule has 1 atom stereocenters. The van der Waals surface area contributed by atoms with Crippen LogP contribution < -0.4 is 0 Å². The quantitative estimate of drug-likeness (QED) is 0.312. The van der Waals surface area contributed by atoms with Gasteiger partial charge < -0.3 is 4.74 Å². The van der Waals surface area contributed by atoms with E-state index in [1.54, 1.807) is 7.11 Å². The van der Waals surface area contributed by atoms with Gasteiger partial charge in [-0.25, -0.2) is 0 Å². The number of rotatable bonds is 13. The van der Waals surface area contributed by atoms with Crippen LogP contribution in [-0.4, -0.2) is 13.2 Å². The van der Waals surface area contributed by atoms with Crippen molar-refractivity contribution in [1.82, 2.24) is 0 Å². The highest BCUT2D eigenvalue weighted by Crippen LogP contribution is 2.12. The fraction of sp³-hybridized carbons (Fsp3) is 0.812. The molecular formula is C16H31O. The molecule has 0 aliphatic carbocycles. The fourth-order valence-electron chi connectivity index (χ4n) is 2.02. The standard InChI is InChI=1S/C16H31O/c1-4-5-6-7-8-9-10-11-12-13-14-15-16(2)17-3/h4,16H,1-2,5-15H2,3H3. The molecule has 0 rings (SSSR count). The van der Waals surface area contributed by atoms with Crippen molar-refractivity contribution in [3.63, 3.8) is 0 Å². The number of unbranched alkanes of at least 4 members (excludes halogenated alkanes) is 9. The number of allylic oxidation sites excluding steroid dienone is 1. The van der Waals surface area contributed by atoms with E-state index in [2.05, 4.69) is 13.5 Å². The number of ether oxygens (including phenoxy) is 1. The van der Waals surface area contributed by atoms with Gasteiger partial charge >= 0.3 is 0 Å². The van der Waals surface area contributed by atoms with Crippen LogP contribution in [0.4, 0.5) is 0 Å². The first-order chi connectivity index (χ1) is 8.31. The molecule has 0 spiro atoms. The number of methoxy groups -OCH3 is 1. The van der Waals surface area contributed by atoms with Crippen molar-refractivity contribution < 1.29 is 4.74 Å². The molecule has 17 heavy (non-hydrogen) atoms. The van der Waals surface area contributed by atoms with Crippen molar-refractivity contribution in [2.45, 2.75) is 76.7 Å². The van der Waals surface area contributed by atoms with E-state index in [0.29, 0.717) is 0 Å². The lowest BCUT2D eigenvalue weighted by Gasteiger charge is -2.08. The summed E-state index contributed by atoms with van der Waals surface area (Å²) in [5, 5.41) is 0. The van der Waals surface area contributed by atoms with Crippen LogP contribution in [-0.2, 0) is 4.74 Å². The average Bonchev–Trinajstić information content (AvgIpc) is 2.35. The van der Waals surface area contributed by atoms with Gasteiger partial charge in [-0.05, 0) is 26.2 Å². The van der Waals surface area contributed by atoms with Crippen molar-refractivity contribution in [2.24, 2.45) is 0 Å². The molecule has 0 saturated carbocycles. The summed E-state index contributed by atoms with van der Waals surface area (Å²) < 4.78 is 5.12. The first-order valence-corrected chi connectivity index (χ1v) is 7.28. The van der Waals surface area contributed by atoms with Gasteiger partial charge in [-0.15, -0.1) is 6.58 Å². The van der Waals surface area contributed by atoms with Crippen LogP contribution in [0.3, 0.4) is 0 Å². The van der Waals surface area contributed by atoms with Crippen LogP contribution in [0, 0.1) is 6.92 Å². The highest BCUT2D eigenvalue weighted by atomic mass is 16.5. The summed E-state index contributed by atoms with van der Waals surface area (Å²) in [6, 6.07) is 0. The third-order valence-electron chi connectivity index (χ3n) is 3.27. The molecule has 0 saturated heterocycles. The minimum absolute atomic E-state index is 0.194. The van der Waals surface area contributed by atoms with Gasteiger partial charge in [0.05, 0.1) is 6.10 Å². The molecule has 0 heterocycles. The Balaban J connectivity index is 2.96. The molecule has 0 N–H and O–H groups in total. The Hall–Kier alpha value is -0.300. The van der Waals surface area contributed by atoms with Crippen molar-refractivity contribution in [1.29, 1.82) is 0 Å². The Morgan fingerprint density at radius 3 is 1.82 bits per heavy atom. The maximum Gasteiger partial charge on any atom is 0.0572 e. The summed E-state index contributed by atoms with van der Waals surface area (Å²) in [7, 11) is 1.74. The normalized spacial score (nSPS) is 12.6. The number of hydrogen-bond acceptors (Lipinski definition) is 1. The van der Waals surface area contributed by atoms with Crippen molar-refractivity contribution in [2.75, 3.05) is 7.11 Å². The van der Waals surface area contributed by atoms with Crippen LogP contribution >= 0.6 is 0 Å². The van der Waals surface area contributed by atoms with E-state index < -0.39 is 0 Å². The van der Waals surface area contributed by atoms with Crippen LogP contribution in [0.25, 0.3) is 0 Å². The Morgan fingerprint density at radius 2 is 1.35 bits per heavy atom. The van der Waals surface area contributed by atoms with E-state index in [1.165, 1.54) is 64.2 Å². The zero-order chi connectivity index (χ0) is 12.8. The van der Waals surface area contributed by atoms with E-state index in [-0.39, 0.29) is 6.10 Å². The van der Waals surface area contributed by atoms with Crippen molar-refractivity contribution in [3.05, 3.63) is 19.6 Å². The highest BCUT2D eigenvalue weighted by Gasteiger charge is 1.98. The minimum atomic E-state index is 0.194. The summed E-state index contributed by atoms with van der Waals surface area (Å²) in [4.78, 5) is 0. The molecule has 0 bridgehead atoms. The summed E-state index contributed by atoms with van der Waals surface area (Å²) in [5.74, 6) is 0. The summed E-state index contributed by atoms with van der Waals surface area (Å²) in [6.07, 6.45) is 16.8. The first kappa shape index (κ1) is 16.7. The van der Waals surface area contributed by atoms with Gasteiger partial charge in [-0.3, -0.25) is 0 Å². The van der Waals surface area contributed by atoms with Crippen molar-refractivity contribution in [3.8, 4) is 0 Å². The summed E-state index contributed by atoms with van der Waals surface area (Å²) in [6.45, 7) is 7.65. The second kappa shape index (κ2) is 13.8. The van der Waals surface area contributed by atoms with Gasteiger partial charge in [-0.2, -0.15) is 0 Å². The van der Waals surface area contributed by atoms with Gasteiger partial charge in [-0.1, -0.05) is 57.4 Å². The maximum atomic E-state index is 5.12. The number of hydrogen-bond donors (Lipinski definition) is 0. The molecule has 1 nitrogen and oxygen atoms in total. The molecule has 0 amide bonds. The molecular weight excluding hydrogens is 208 g/mol. The Kier molecular flexibility index (Phi) is 13.5. The molecule has 0 aromatic carbocycles. The smallest absolute Gasteiger partial charge is 0.0572 e. The fourth-order valence-corrected chi connectivity index (χ4v) is 2.02. The molecule has 0 aromatic heterocycles. The van der Waals surface area contributed by atoms with Gasteiger partial charge in [0, 0.05) is 7.11 Å². The van der Waals surface area contributed by atoms with Gasteiger partial charge in [0.15, 0.2) is 0 Å². The Morgan fingerprint density at radius 1 is 0.882 bits per heavy atom. The predicted octanol–water partition coefficient (Wildman–Crippen LogP) is 5.31. The molecule has 1 heteroatoms. The summed E-state index contributed by atoms with van der Waals surface area (Å²) in [5.41, 5.74) is 0. The zero-order valence-corrected chi connectivity index (χ0v) is 11.8. The molecule has 0 aromatic rings. The Bertz CT molecular complexity index is 154. The molecule has 1 radical (unpaired) electrons. The average molecular weight is 239 g/mol. The zero-order valence-electron chi connectivity index (χ0n) is 11.8. The van der Waals surface area contributed by atoms with E-state index >= 15 is 0 Å². The summed E-state index contributed by atoms with van der Waals surface area (Å²) >= 11 is 0. The lowest BCUT2D eigenvalue weighted by molar-refractivity contribution is 0.128. The van der Waals surface area contributed by atoms with Gasteiger partial charge in [0.1, 0.15) is 0 Å². The lowest BCUT2D eigenvalue weighted by atomic mass is 10.0. The second-order valence-electron chi connectivity index (χ2n) is 4.91. The molecule has 0 fully saturated rings. The molecule has 101 valence electrons.